The highest BCUT2D eigenvalue weighted by atomic mass is 32.2. The molecule has 0 aromatic carbocycles. The van der Waals surface area contributed by atoms with Gasteiger partial charge < -0.3 is 10.5 Å². The van der Waals surface area contributed by atoms with Crippen LogP contribution < -0.4 is 5.73 Å². The Labute approximate surface area is 102 Å². The first-order valence-corrected chi connectivity index (χ1v) is 6.86. The Kier molecular flexibility index (Phi) is 4.68. The number of nitrogens with two attached hydrogens (primary N) is 1. The van der Waals surface area contributed by atoms with Gasteiger partial charge >= 0.3 is 5.97 Å². The van der Waals surface area contributed by atoms with Crippen molar-refractivity contribution in [2.24, 2.45) is 11.7 Å². The summed E-state index contributed by atoms with van der Waals surface area (Å²) < 4.78 is 4.76. The van der Waals surface area contributed by atoms with E-state index in [0.29, 0.717) is 16.4 Å². The summed E-state index contributed by atoms with van der Waals surface area (Å²) in [6.45, 7) is 6.69. The molecule has 0 amide bonds. The molecule has 1 aliphatic carbocycles. The topological polar surface area (TPSA) is 52.3 Å². The number of carbonyl (C=O) groups is 1. The van der Waals surface area contributed by atoms with Crippen LogP contribution >= 0.6 is 11.8 Å². The van der Waals surface area contributed by atoms with Gasteiger partial charge in [0.15, 0.2) is 0 Å². The average molecular weight is 245 g/mol. The van der Waals surface area contributed by atoms with E-state index in [1.165, 1.54) is 7.11 Å². The molecule has 1 fully saturated rings. The van der Waals surface area contributed by atoms with Crippen molar-refractivity contribution in [3.63, 3.8) is 0 Å². The summed E-state index contributed by atoms with van der Waals surface area (Å²) in [5.74, 6) is 0.406. The van der Waals surface area contributed by atoms with E-state index in [0.717, 1.165) is 19.3 Å². The third-order valence-electron chi connectivity index (χ3n) is 3.44. The van der Waals surface area contributed by atoms with Crippen molar-refractivity contribution in [3.05, 3.63) is 0 Å². The average Bonchev–Trinajstić information content (AvgIpc) is 2.60. The Morgan fingerprint density at radius 1 is 1.50 bits per heavy atom. The lowest BCUT2D eigenvalue weighted by Gasteiger charge is -2.22. The van der Waals surface area contributed by atoms with Crippen LogP contribution in [0.2, 0.25) is 0 Å². The highest BCUT2D eigenvalue weighted by molar-refractivity contribution is 8.00. The van der Waals surface area contributed by atoms with E-state index in [1.54, 1.807) is 0 Å². The lowest BCUT2D eigenvalue weighted by atomic mass is 10.00. The summed E-state index contributed by atoms with van der Waals surface area (Å²) in [5.41, 5.74) is 5.33. The summed E-state index contributed by atoms with van der Waals surface area (Å²) in [7, 11) is 1.41. The predicted octanol–water partition coefficient (Wildman–Crippen LogP) is 2.19. The lowest BCUT2D eigenvalue weighted by Crippen LogP contribution is -2.46. The largest absolute Gasteiger partial charge is 0.468 e. The molecule has 0 radical (unpaired) electrons. The molecule has 0 spiro atoms. The van der Waals surface area contributed by atoms with Crippen LogP contribution in [0, 0.1) is 5.92 Å². The SMILES string of the molecule is COC(=O)C1(N)CCC(SC(C)C(C)C)C1. The van der Waals surface area contributed by atoms with Gasteiger partial charge in [-0.05, 0) is 25.2 Å². The van der Waals surface area contributed by atoms with Crippen molar-refractivity contribution in [1.82, 2.24) is 0 Å². The molecule has 0 aromatic rings. The number of rotatable bonds is 4. The number of thioether (sulfide) groups is 1. The molecule has 94 valence electrons. The van der Waals surface area contributed by atoms with Crippen LogP contribution in [0.1, 0.15) is 40.0 Å². The Balaban J connectivity index is 2.49. The summed E-state index contributed by atoms with van der Waals surface area (Å²) in [4.78, 5) is 11.5. The second-order valence-electron chi connectivity index (χ2n) is 5.10. The molecule has 3 unspecified atom stereocenters. The smallest absolute Gasteiger partial charge is 0.325 e. The number of carbonyl (C=O) groups excluding carboxylic acids is 1. The molecule has 16 heavy (non-hydrogen) atoms. The van der Waals surface area contributed by atoms with E-state index in [9.17, 15) is 4.79 Å². The monoisotopic (exact) mass is 245 g/mol. The number of methoxy groups -OCH3 is 1. The van der Waals surface area contributed by atoms with Crippen LogP contribution in [0.5, 0.6) is 0 Å². The third-order valence-corrected chi connectivity index (χ3v) is 5.20. The van der Waals surface area contributed by atoms with Crippen molar-refractivity contribution in [2.75, 3.05) is 7.11 Å². The molecule has 2 N–H and O–H groups in total. The Morgan fingerprint density at radius 2 is 2.12 bits per heavy atom. The standard InChI is InChI=1S/C12H23NO2S/c1-8(2)9(3)16-10-5-6-12(13,7-10)11(14)15-4/h8-10H,5-7,13H2,1-4H3. The van der Waals surface area contributed by atoms with Crippen molar-refractivity contribution in [2.45, 2.75) is 56.1 Å². The Morgan fingerprint density at radius 3 is 2.62 bits per heavy atom. The molecule has 0 aromatic heterocycles. The van der Waals surface area contributed by atoms with E-state index in [1.807, 2.05) is 11.8 Å². The molecule has 1 saturated carbocycles. The molecule has 3 atom stereocenters. The zero-order chi connectivity index (χ0) is 12.3. The maximum atomic E-state index is 11.5. The fourth-order valence-electron chi connectivity index (χ4n) is 1.99. The summed E-state index contributed by atoms with van der Waals surface area (Å²) in [5, 5.41) is 1.12. The van der Waals surface area contributed by atoms with Gasteiger partial charge in [0, 0.05) is 10.5 Å². The van der Waals surface area contributed by atoms with Crippen molar-refractivity contribution in [3.8, 4) is 0 Å². The molecule has 1 rings (SSSR count). The van der Waals surface area contributed by atoms with Crippen LogP contribution in [0.25, 0.3) is 0 Å². The van der Waals surface area contributed by atoms with Gasteiger partial charge in [-0.1, -0.05) is 20.8 Å². The fourth-order valence-corrected chi connectivity index (χ4v) is 3.56. The molecular weight excluding hydrogens is 222 g/mol. The number of hydrogen-bond donors (Lipinski definition) is 1. The molecule has 4 heteroatoms. The number of esters is 1. The lowest BCUT2D eigenvalue weighted by molar-refractivity contribution is -0.146. The van der Waals surface area contributed by atoms with Crippen molar-refractivity contribution >= 4 is 17.7 Å². The molecule has 3 nitrogen and oxygen atoms in total. The molecule has 0 heterocycles. The van der Waals surface area contributed by atoms with E-state index < -0.39 is 5.54 Å². The molecule has 1 aliphatic rings. The number of ether oxygens (including phenoxy) is 1. The first-order valence-electron chi connectivity index (χ1n) is 5.92. The zero-order valence-electron chi connectivity index (χ0n) is 10.7. The van der Waals surface area contributed by atoms with E-state index in [-0.39, 0.29) is 5.97 Å². The second-order valence-corrected chi connectivity index (χ2v) is 6.78. The normalized spacial score (nSPS) is 31.8. The summed E-state index contributed by atoms with van der Waals surface area (Å²) >= 11 is 1.96. The van der Waals surface area contributed by atoms with Crippen molar-refractivity contribution < 1.29 is 9.53 Å². The molecule has 0 bridgehead atoms. The van der Waals surface area contributed by atoms with Crippen LogP contribution in [0.4, 0.5) is 0 Å². The minimum Gasteiger partial charge on any atom is -0.468 e. The number of hydrogen-bond acceptors (Lipinski definition) is 4. The van der Waals surface area contributed by atoms with Gasteiger partial charge in [0.25, 0.3) is 0 Å². The molecular formula is C12H23NO2S. The van der Waals surface area contributed by atoms with Gasteiger partial charge in [-0.2, -0.15) is 11.8 Å². The molecule has 0 aliphatic heterocycles. The van der Waals surface area contributed by atoms with Crippen molar-refractivity contribution in [1.29, 1.82) is 0 Å². The zero-order valence-corrected chi connectivity index (χ0v) is 11.5. The van der Waals surface area contributed by atoms with Gasteiger partial charge in [-0.25, -0.2) is 0 Å². The minimum absolute atomic E-state index is 0.257. The van der Waals surface area contributed by atoms with Gasteiger partial charge in [0.1, 0.15) is 5.54 Å². The Bertz CT molecular complexity index is 257. The highest BCUT2D eigenvalue weighted by Crippen LogP contribution is 2.39. The summed E-state index contributed by atoms with van der Waals surface area (Å²) in [6, 6.07) is 0. The van der Waals surface area contributed by atoms with Gasteiger partial charge in [-0.15, -0.1) is 0 Å². The second kappa shape index (κ2) is 5.41. The van der Waals surface area contributed by atoms with E-state index >= 15 is 0 Å². The Hall–Kier alpha value is -0.220. The van der Waals surface area contributed by atoms with Gasteiger partial charge in [-0.3, -0.25) is 4.79 Å². The summed E-state index contributed by atoms with van der Waals surface area (Å²) in [6.07, 6.45) is 2.52. The molecule has 0 saturated heterocycles. The predicted molar refractivity (Wildman–Crippen MR) is 68.5 cm³/mol. The van der Waals surface area contributed by atoms with Crippen LogP contribution in [0.15, 0.2) is 0 Å². The quantitative estimate of drug-likeness (QED) is 0.771. The fraction of sp³-hybridized carbons (Fsp3) is 0.917. The van der Waals surface area contributed by atoms with Gasteiger partial charge in [0.05, 0.1) is 7.11 Å². The van der Waals surface area contributed by atoms with Gasteiger partial charge in [0.2, 0.25) is 0 Å². The maximum Gasteiger partial charge on any atom is 0.325 e. The first kappa shape index (κ1) is 13.8. The third kappa shape index (κ3) is 3.14. The van der Waals surface area contributed by atoms with E-state index in [4.69, 9.17) is 10.5 Å². The first-order chi connectivity index (χ1) is 7.39. The maximum absolute atomic E-state index is 11.5. The van der Waals surface area contributed by atoms with Crippen LogP contribution in [-0.2, 0) is 9.53 Å². The minimum atomic E-state index is -0.733. The highest BCUT2D eigenvalue weighted by Gasteiger charge is 2.43. The van der Waals surface area contributed by atoms with Crippen LogP contribution in [0.3, 0.4) is 0 Å². The van der Waals surface area contributed by atoms with E-state index in [2.05, 4.69) is 20.8 Å². The van der Waals surface area contributed by atoms with Crippen LogP contribution in [-0.4, -0.2) is 29.1 Å².